The maximum absolute atomic E-state index is 5.64. The van der Waals surface area contributed by atoms with Gasteiger partial charge in [0.2, 0.25) is 0 Å². The van der Waals surface area contributed by atoms with Crippen molar-refractivity contribution in [3.63, 3.8) is 0 Å². The van der Waals surface area contributed by atoms with E-state index < -0.39 is 0 Å². The van der Waals surface area contributed by atoms with Crippen molar-refractivity contribution in [2.24, 2.45) is 0 Å². The summed E-state index contributed by atoms with van der Waals surface area (Å²) in [6.07, 6.45) is 7.37. The van der Waals surface area contributed by atoms with Gasteiger partial charge in [-0.15, -0.1) is 0 Å². The molecule has 0 aliphatic heterocycles. The van der Waals surface area contributed by atoms with Crippen LogP contribution in [0.2, 0.25) is 0 Å². The zero-order valence-electron chi connectivity index (χ0n) is 10.7. The molecule has 0 fully saturated rings. The Kier molecular flexibility index (Phi) is 7.63. The van der Waals surface area contributed by atoms with Crippen LogP contribution in [0.1, 0.15) is 26.2 Å². The first-order valence-electron chi connectivity index (χ1n) is 6.19. The summed E-state index contributed by atoms with van der Waals surface area (Å²) in [6, 6.07) is 3.87. The minimum absolute atomic E-state index is 0.743. The number of anilines is 1. The number of aromatic nitrogens is 1. The molecular weight excluding hydrogens is 232 g/mol. The predicted molar refractivity (Wildman–Crippen MR) is 76.1 cm³/mol. The molecule has 0 saturated carbocycles. The zero-order valence-corrected chi connectivity index (χ0v) is 11.6. The van der Waals surface area contributed by atoms with Crippen molar-refractivity contribution in [2.45, 2.75) is 26.2 Å². The molecule has 0 bridgehead atoms. The normalized spacial score (nSPS) is 10.2. The molecule has 1 aromatic heterocycles. The summed E-state index contributed by atoms with van der Waals surface area (Å²) in [6.45, 7) is 3.80. The fourth-order valence-corrected chi connectivity index (χ4v) is 1.92. The number of rotatable bonds is 9. The maximum atomic E-state index is 5.64. The Labute approximate surface area is 108 Å². The highest BCUT2D eigenvalue weighted by molar-refractivity contribution is 7.98. The van der Waals surface area contributed by atoms with Crippen LogP contribution in [0, 0.1) is 0 Å². The van der Waals surface area contributed by atoms with Crippen molar-refractivity contribution in [2.75, 3.05) is 30.5 Å². The molecular formula is C13H22N2OS. The van der Waals surface area contributed by atoms with Crippen molar-refractivity contribution < 1.29 is 4.74 Å². The highest BCUT2D eigenvalue weighted by atomic mass is 32.2. The van der Waals surface area contributed by atoms with E-state index in [4.69, 9.17) is 4.74 Å². The van der Waals surface area contributed by atoms with E-state index >= 15 is 0 Å². The second kappa shape index (κ2) is 9.16. The third kappa shape index (κ3) is 5.82. The third-order valence-electron chi connectivity index (χ3n) is 2.30. The molecule has 4 heteroatoms. The molecule has 17 heavy (non-hydrogen) atoms. The Hall–Kier alpha value is -0.900. The Morgan fingerprint density at radius 3 is 3.06 bits per heavy atom. The number of pyridine rings is 1. The highest BCUT2D eigenvalue weighted by Crippen LogP contribution is 2.20. The van der Waals surface area contributed by atoms with Crippen LogP contribution in [-0.4, -0.2) is 30.1 Å². The first-order valence-corrected chi connectivity index (χ1v) is 7.58. The lowest BCUT2D eigenvalue weighted by atomic mass is 10.3. The summed E-state index contributed by atoms with van der Waals surface area (Å²) >= 11 is 1.89. The number of ether oxygens (including phenoxy) is 1. The lowest BCUT2D eigenvalue weighted by molar-refractivity contribution is 0.318. The van der Waals surface area contributed by atoms with Gasteiger partial charge in [-0.2, -0.15) is 11.8 Å². The van der Waals surface area contributed by atoms with Gasteiger partial charge in [0.1, 0.15) is 0 Å². The van der Waals surface area contributed by atoms with Crippen molar-refractivity contribution in [1.82, 2.24) is 4.98 Å². The van der Waals surface area contributed by atoms with E-state index in [-0.39, 0.29) is 0 Å². The zero-order chi connectivity index (χ0) is 12.3. The van der Waals surface area contributed by atoms with Crippen LogP contribution in [0.5, 0.6) is 5.75 Å². The molecule has 0 radical (unpaired) electrons. The van der Waals surface area contributed by atoms with Gasteiger partial charge >= 0.3 is 0 Å². The molecule has 1 N–H and O–H groups in total. The van der Waals surface area contributed by atoms with Crippen LogP contribution in [0.25, 0.3) is 0 Å². The number of nitrogens with one attached hydrogen (secondary N) is 1. The van der Waals surface area contributed by atoms with Crippen LogP contribution in [0.4, 0.5) is 5.82 Å². The van der Waals surface area contributed by atoms with E-state index in [0.717, 1.165) is 31.1 Å². The van der Waals surface area contributed by atoms with Crippen LogP contribution in [-0.2, 0) is 0 Å². The summed E-state index contributed by atoms with van der Waals surface area (Å²) in [4.78, 5) is 4.31. The largest absolute Gasteiger partial charge is 0.490 e. The van der Waals surface area contributed by atoms with Gasteiger partial charge in [-0.25, -0.2) is 4.98 Å². The van der Waals surface area contributed by atoms with E-state index in [1.165, 1.54) is 18.6 Å². The molecule has 96 valence electrons. The van der Waals surface area contributed by atoms with E-state index in [1.807, 2.05) is 23.9 Å². The fraction of sp³-hybridized carbons (Fsp3) is 0.615. The standard InChI is InChI=1S/C13H22N2OS/c1-3-10-16-12-7-6-9-15-13(12)14-8-4-5-11-17-2/h6-7,9H,3-5,8,10-11H2,1-2H3,(H,14,15). The summed E-state index contributed by atoms with van der Waals surface area (Å²) in [7, 11) is 0. The van der Waals surface area contributed by atoms with Gasteiger partial charge in [0.15, 0.2) is 11.6 Å². The molecule has 0 aliphatic carbocycles. The van der Waals surface area contributed by atoms with Crippen LogP contribution in [0.15, 0.2) is 18.3 Å². The first-order chi connectivity index (χ1) is 8.38. The lowest BCUT2D eigenvalue weighted by Crippen LogP contribution is -2.06. The summed E-state index contributed by atoms with van der Waals surface area (Å²) in [5, 5.41) is 3.34. The molecule has 0 atom stereocenters. The van der Waals surface area contributed by atoms with Gasteiger partial charge in [-0.05, 0) is 43.4 Å². The van der Waals surface area contributed by atoms with Gasteiger partial charge < -0.3 is 10.1 Å². The summed E-state index contributed by atoms with van der Waals surface area (Å²) < 4.78 is 5.64. The van der Waals surface area contributed by atoms with Gasteiger partial charge in [0, 0.05) is 12.7 Å². The molecule has 0 unspecified atom stereocenters. The number of hydrogen-bond donors (Lipinski definition) is 1. The molecule has 0 amide bonds. The number of nitrogens with zero attached hydrogens (tertiary/aromatic N) is 1. The minimum Gasteiger partial charge on any atom is -0.490 e. The van der Waals surface area contributed by atoms with E-state index in [9.17, 15) is 0 Å². The third-order valence-corrected chi connectivity index (χ3v) is 3.00. The van der Waals surface area contributed by atoms with Crippen LogP contribution in [0.3, 0.4) is 0 Å². The van der Waals surface area contributed by atoms with Crippen molar-refractivity contribution in [1.29, 1.82) is 0 Å². The molecule has 0 saturated heterocycles. The topological polar surface area (TPSA) is 34.1 Å². The highest BCUT2D eigenvalue weighted by Gasteiger charge is 2.02. The van der Waals surface area contributed by atoms with Crippen LogP contribution < -0.4 is 10.1 Å². The first kappa shape index (κ1) is 14.2. The average molecular weight is 254 g/mol. The molecule has 1 rings (SSSR count). The van der Waals surface area contributed by atoms with E-state index in [1.54, 1.807) is 6.20 Å². The Bertz CT molecular complexity index is 307. The Morgan fingerprint density at radius 2 is 2.29 bits per heavy atom. The predicted octanol–water partition coefficient (Wildman–Crippen LogP) is 3.43. The lowest BCUT2D eigenvalue weighted by Gasteiger charge is -2.11. The second-order valence-electron chi connectivity index (χ2n) is 3.83. The van der Waals surface area contributed by atoms with Crippen LogP contribution >= 0.6 is 11.8 Å². The van der Waals surface area contributed by atoms with Gasteiger partial charge in [-0.1, -0.05) is 6.92 Å². The van der Waals surface area contributed by atoms with Crippen molar-refractivity contribution in [3.05, 3.63) is 18.3 Å². The molecule has 0 spiro atoms. The van der Waals surface area contributed by atoms with Crippen molar-refractivity contribution in [3.8, 4) is 5.75 Å². The second-order valence-corrected chi connectivity index (χ2v) is 4.81. The Balaban J connectivity index is 2.35. The molecule has 1 heterocycles. The minimum atomic E-state index is 0.743. The van der Waals surface area contributed by atoms with Gasteiger partial charge in [0.25, 0.3) is 0 Å². The molecule has 1 aromatic rings. The van der Waals surface area contributed by atoms with Crippen molar-refractivity contribution >= 4 is 17.6 Å². The summed E-state index contributed by atoms with van der Waals surface area (Å²) in [5.74, 6) is 2.95. The Morgan fingerprint density at radius 1 is 1.41 bits per heavy atom. The quantitative estimate of drug-likeness (QED) is 0.685. The van der Waals surface area contributed by atoms with E-state index in [2.05, 4.69) is 23.5 Å². The summed E-state index contributed by atoms with van der Waals surface area (Å²) in [5.41, 5.74) is 0. The number of hydrogen-bond acceptors (Lipinski definition) is 4. The number of thioether (sulfide) groups is 1. The van der Waals surface area contributed by atoms with Gasteiger partial charge in [-0.3, -0.25) is 0 Å². The van der Waals surface area contributed by atoms with Gasteiger partial charge in [0.05, 0.1) is 6.61 Å². The maximum Gasteiger partial charge on any atom is 0.168 e. The van der Waals surface area contributed by atoms with E-state index in [0.29, 0.717) is 0 Å². The smallest absolute Gasteiger partial charge is 0.168 e. The fourth-order valence-electron chi connectivity index (χ4n) is 1.43. The SMILES string of the molecule is CCCOc1cccnc1NCCCCSC. The average Bonchev–Trinajstić information content (AvgIpc) is 2.37. The molecule has 0 aliphatic rings. The molecule has 3 nitrogen and oxygen atoms in total. The monoisotopic (exact) mass is 254 g/mol. The number of unbranched alkanes of at least 4 members (excludes halogenated alkanes) is 1. The molecule has 0 aromatic carbocycles.